The van der Waals surface area contributed by atoms with E-state index in [4.69, 9.17) is 17.3 Å². The van der Waals surface area contributed by atoms with Crippen LogP contribution in [0.3, 0.4) is 0 Å². The predicted molar refractivity (Wildman–Crippen MR) is 94.4 cm³/mol. The SMILES string of the molecule is O=C(O)c1ccc(CNC(=S)NC(=O)c2ccccc2Br)cc1. The highest BCUT2D eigenvalue weighted by Gasteiger charge is 2.10. The number of carboxylic acids is 1. The molecule has 23 heavy (non-hydrogen) atoms. The molecule has 0 spiro atoms. The fourth-order valence-electron chi connectivity index (χ4n) is 1.81. The molecule has 3 N–H and O–H groups in total. The number of amides is 1. The summed E-state index contributed by atoms with van der Waals surface area (Å²) in [6.07, 6.45) is 0. The third-order valence-corrected chi connectivity index (χ3v) is 3.94. The molecule has 0 unspecified atom stereocenters. The van der Waals surface area contributed by atoms with Gasteiger partial charge in [-0.2, -0.15) is 0 Å². The summed E-state index contributed by atoms with van der Waals surface area (Å²) in [5.74, 6) is -1.28. The van der Waals surface area contributed by atoms with Crippen molar-refractivity contribution in [2.24, 2.45) is 0 Å². The van der Waals surface area contributed by atoms with Crippen LogP contribution in [0, 0.1) is 0 Å². The molecule has 0 saturated heterocycles. The first-order chi connectivity index (χ1) is 11.0. The second-order valence-corrected chi connectivity index (χ2v) is 5.88. The van der Waals surface area contributed by atoms with E-state index in [0.717, 1.165) is 5.56 Å². The van der Waals surface area contributed by atoms with Gasteiger partial charge in [0.05, 0.1) is 11.1 Å². The Morgan fingerprint density at radius 3 is 2.35 bits per heavy atom. The average Bonchev–Trinajstić information content (AvgIpc) is 2.53. The maximum atomic E-state index is 12.1. The molecule has 0 bridgehead atoms. The monoisotopic (exact) mass is 392 g/mol. The Labute approximate surface area is 146 Å². The minimum atomic E-state index is -0.972. The molecule has 2 rings (SSSR count). The van der Waals surface area contributed by atoms with Crippen LogP contribution in [0.2, 0.25) is 0 Å². The Morgan fingerprint density at radius 1 is 1.09 bits per heavy atom. The normalized spacial score (nSPS) is 9.96. The number of carboxylic acid groups (broad SMARTS) is 1. The number of hydrogen-bond donors (Lipinski definition) is 3. The van der Waals surface area contributed by atoms with Crippen LogP contribution in [-0.4, -0.2) is 22.1 Å². The highest BCUT2D eigenvalue weighted by atomic mass is 79.9. The summed E-state index contributed by atoms with van der Waals surface area (Å²) in [6.45, 7) is 0.384. The first kappa shape index (κ1) is 17.1. The molecule has 0 aliphatic carbocycles. The number of rotatable bonds is 4. The second kappa shape index (κ2) is 7.85. The number of nitrogens with one attached hydrogen (secondary N) is 2. The molecule has 5 nitrogen and oxygen atoms in total. The van der Waals surface area contributed by atoms with Gasteiger partial charge in [0.1, 0.15) is 0 Å². The molecule has 2 aromatic rings. The molecule has 0 atom stereocenters. The van der Waals surface area contributed by atoms with Crippen molar-refractivity contribution in [3.63, 3.8) is 0 Å². The number of aromatic carboxylic acids is 1. The molecule has 0 aromatic heterocycles. The number of halogens is 1. The molecule has 0 aliphatic heterocycles. The van der Waals surface area contributed by atoms with Crippen LogP contribution in [0.25, 0.3) is 0 Å². The Hall–Kier alpha value is -2.25. The van der Waals surface area contributed by atoms with Crippen LogP contribution >= 0.6 is 28.1 Å². The topological polar surface area (TPSA) is 78.4 Å². The third-order valence-electron chi connectivity index (χ3n) is 3.00. The molecule has 118 valence electrons. The van der Waals surface area contributed by atoms with Crippen LogP contribution in [0.15, 0.2) is 53.0 Å². The Balaban J connectivity index is 1.89. The van der Waals surface area contributed by atoms with Gasteiger partial charge in [-0.1, -0.05) is 24.3 Å². The van der Waals surface area contributed by atoms with Crippen LogP contribution in [0.1, 0.15) is 26.3 Å². The minimum Gasteiger partial charge on any atom is -0.478 e. The third kappa shape index (κ3) is 4.87. The van der Waals surface area contributed by atoms with E-state index < -0.39 is 5.97 Å². The first-order valence-electron chi connectivity index (χ1n) is 6.63. The highest BCUT2D eigenvalue weighted by molar-refractivity contribution is 9.10. The summed E-state index contributed by atoms with van der Waals surface area (Å²) in [6, 6.07) is 13.5. The Kier molecular flexibility index (Phi) is 5.84. The number of hydrogen-bond acceptors (Lipinski definition) is 3. The fourth-order valence-corrected chi connectivity index (χ4v) is 2.44. The second-order valence-electron chi connectivity index (χ2n) is 4.62. The molecular weight excluding hydrogens is 380 g/mol. The zero-order chi connectivity index (χ0) is 16.8. The van der Waals surface area contributed by atoms with Crippen molar-refractivity contribution in [2.45, 2.75) is 6.54 Å². The van der Waals surface area contributed by atoms with Gasteiger partial charge in [-0.3, -0.25) is 10.1 Å². The lowest BCUT2D eigenvalue weighted by molar-refractivity contribution is 0.0696. The van der Waals surface area contributed by atoms with E-state index in [1.165, 1.54) is 12.1 Å². The summed E-state index contributed by atoms with van der Waals surface area (Å²) in [7, 11) is 0. The highest BCUT2D eigenvalue weighted by Crippen LogP contribution is 2.15. The number of thiocarbonyl (C=S) groups is 1. The van der Waals surface area contributed by atoms with Crippen molar-refractivity contribution in [2.75, 3.05) is 0 Å². The van der Waals surface area contributed by atoms with E-state index in [1.54, 1.807) is 30.3 Å². The minimum absolute atomic E-state index is 0.202. The maximum Gasteiger partial charge on any atom is 0.335 e. The van der Waals surface area contributed by atoms with Crippen molar-refractivity contribution in [1.82, 2.24) is 10.6 Å². The standard InChI is InChI=1S/C16H13BrN2O3S/c17-13-4-2-1-3-12(13)14(20)19-16(23)18-9-10-5-7-11(8-6-10)15(21)22/h1-8H,9H2,(H,21,22)(H2,18,19,20,23). The Bertz CT molecular complexity index is 747. The molecule has 0 aliphatic rings. The summed E-state index contributed by atoms with van der Waals surface area (Å²) in [5, 5.41) is 14.5. The van der Waals surface area contributed by atoms with Gasteiger partial charge in [0.15, 0.2) is 5.11 Å². The van der Waals surface area contributed by atoms with Gasteiger partial charge in [-0.25, -0.2) is 4.79 Å². The van der Waals surface area contributed by atoms with Gasteiger partial charge in [0.25, 0.3) is 5.91 Å². The van der Waals surface area contributed by atoms with E-state index in [0.29, 0.717) is 16.6 Å². The van der Waals surface area contributed by atoms with Gasteiger partial charge >= 0.3 is 5.97 Å². The summed E-state index contributed by atoms with van der Waals surface area (Å²) in [5.41, 5.74) is 1.56. The number of carbonyl (C=O) groups is 2. The van der Waals surface area contributed by atoms with Crippen molar-refractivity contribution in [3.8, 4) is 0 Å². The van der Waals surface area contributed by atoms with Gasteiger partial charge < -0.3 is 10.4 Å². The maximum absolute atomic E-state index is 12.1. The lowest BCUT2D eigenvalue weighted by atomic mass is 10.1. The average molecular weight is 393 g/mol. The first-order valence-corrected chi connectivity index (χ1v) is 7.83. The van der Waals surface area contributed by atoms with E-state index in [2.05, 4.69) is 26.6 Å². The molecule has 0 fully saturated rings. The predicted octanol–water partition coefficient (Wildman–Crippen LogP) is 2.95. The van der Waals surface area contributed by atoms with Gasteiger partial charge in [-0.05, 0) is 58.0 Å². The molecule has 2 aromatic carbocycles. The van der Waals surface area contributed by atoms with Crippen LogP contribution in [0.4, 0.5) is 0 Å². The smallest absolute Gasteiger partial charge is 0.335 e. The van der Waals surface area contributed by atoms with Crippen LogP contribution in [-0.2, 0) is 6.54 Å². The van der Waals surface area contributed by atoms with Crippen molar-refractivity contribution in [1.29, 1.82) is 0 Å². The molecule has 0 radical (unpaired) electrons. The van der Waals surface area contributed by atoms with Crippen molar-refractivity contribution >= 4 is 45.1 Å². The molecule has 7 heteroatoms. The van der Waals surface area contributed by atoms with Crippen molar-refractivity contribution < 1.29 is 14.7 Å². The lowest BCUT2D eigenvalue weighted by Gasteiger charge is -2.10. The number of benzene rings is 2. The zero-order valence-electron chi connectivity index (χ0n) is 11.9. The lowest BCUT2D eigenvalue weighted by Crippen LogP contribution is -2.38. The molecule has 1 amide bonds. The van der Waals surface area contributed by atoms with Gasteiger partial charge in [0, 0.05) is 11.0 Å². The Morgan fingerprint density at radius 2 is 1.74 bits per heavy atom. The van der Waals surface area contributed by atoms with Crippen LogP contribution in [0.5, 0.6) is 0 Å². The summed E-state index contributed by atoms with van der Waals surface area (Å²) in [4.78, 5) is 22.8. The fraction of sp³-hybridized carbons (Fsp3) is 0.0625. The summed E-state index contributed by atoms with van der Waals surface area (Å²) >= 11 is 8.40. The van der Waals surface area contributed by atoms with E-state index in [1.807, 2.05) is 6.07 Å². The summed E-state index contributed by atoms with van der Waals surface area (Å²) < 4.78 is 0.685. The van der Waals surface area contributed by atoms with Gasteiger partial charge in [-0.15, -0.1) is 0 Å². The molecular formula is C16H13BrN2O3S. The molecule has 0 saturated carbocycles. The van der Waals surface area contributed by atoms with E-state index in [9.17, 15) is 9.59 Å². The van der Waals surface area contributed by atoms with Crippen LogP contribution < -0.4 is 10.6 Å². The molecule has 0 heterocycles. The number of carbonyl (C=O) groups excluding carboxylic acids is 1. The zero-order valence-corrected chi connectivity index (χ0v) is 14.3. The largest absolute Gasteiger partial charge is 0.478 e. The quantitative estimate of drug-likeness (QED) is 0.697. The van der Waals surface area contributed by atoms with Gasteiger partial charge in [0.2, 0.25) is 0 Å². The van der Waals surface area contributed by atoms with E-state index >= 15 is 0 Å². The van der Waals surface area contributed by atoms with E-state index in [-0.39, 0.29) is 16.6 Å². The van der Waals surface area contributed by atoms with Crippen molar-refractivity contribution in [3.05, 3.63) is 69.7 Å².